The lowest BCUT2D eigenvalue weighted by Gasteiger charge is -2.34. The Bertz CT molecular complexity index is 833. The second-order valence-corrected chi connectivity index (χ2v) is 7.02. The Morgan fingerprint density at radius 2 is 2.00 bits per heavy atom. The first kappa shape index (κ1) is 21.0. The Kier molecular flexibility index (Phi) is 6.98. The maximum absolute atomic E-state index is 13.9. The minimum atomic E-state index is -0.877. The van der Waals surface area contributed by atoms with Gasteiger partial charge in [0, 0.05) is 38.7 Å². The molecule has 29 heavy (non-hydrogen) atoms. The molecule has 1 fully saturated rings. The van der Waals surface area contributed by atoms with Crippen molar-refractivity contribution in [2.75, 3.05) is 33.4 Å². The summed E-state index contributed by atoms with van der Waals surface area (Å²) >= 11 is 0. The highest BCUT2D eigenvalue weighted by atomic mass is 19.1. The van der Waals surface area contributed by atoms with Gasteiger partial charge in [-0.3, -0.25) is 9.59 Å². The van der Waals surface area contributed by atoms with Crippen LogP contribution in [0.5, 0.6) is 0 Å². The predicted octanol–water partition coefficient (Wildman–Crippen LogP) is 3.09. The van der Waals surface area contributed by atoms with Crippen LogP contribution in [0.3, 0.4) is 0 Å². The Hall–Kier alpha value is -2.74. The van der Waals surface area contributed by atoms with Crippen LogP contribution < -0.4 is 0 Å². The SMILES string of the molecule is COCCN(Cc1ccco1)C(=O)C1CCN(C(=O)c2ccc(F)cc2F)CC1. The van der Waals surface area contributed by atoms with Gasteiger partial charge in [0.05, 0.1) is 25.0 Å². The topological polar surface area (TPSA) is 63.0 Å². The Morgan fingerprint density at radius 1 is 1.24 bits per heavy atom. The normalized spacial score (nSPS) is 14.8. The molecule has 1 aliphatic rings. The van der Waals surface area contributed by atoms with Crippen LogP contribution in [-0.2, 0) is 16.1 Å². The number of carbonyl (C=O) groups is 2. The summed E-state index contributed by atoms with van der Waals surface area (Å²) < 4.78 is 37.4. The number of hydrogen-bond donors (Lipinski definition) is 0. The number of hydrogen-bond acceptors (Lipinski definition) is 4. The number of nitrogens with zero attached hydrogens (tertiary/aromatic N) is 2. The van der Waals surface area contributed by atoms with Crippen LogP contribution in [0.1, 0.15) is 29.0 Å². The molecule has 2 heterocycles. The van der Waals surface area contributed by atoms with E-state index < -0.39 is 17.5 Å². The lowest BCUT2D eigenvalue weighted by molar-refractivity contribution is -0.138. The van der Waals surface area contributed by atoms with Crippen molar-refractivity contribution in [3.8, 4) is 0 Å². The van der Waals surface area contributed by atoms with Crippen molar-refractivity contribution in [1.29, 1.82) is 0 Å². The van der Waals surface area contributed by atoms with Gasteiger partial charge in [-0.1, -0.05) is 0 Å². The number of rotatable bonds is 7. The molecule has 0 bridgehead atoms. The molecule has 0 N–H and O–H groups in total. The quantitative estimate of drug-likeness (QED) is 0.709. The van der Waals surface area contributed by atoms with Gasteiger partial charge in [-0.05, 0) is 37.1 Å². The van der Waals surface area contributed by atoms with Crippen LogP contribution in [0.15, 0.2) is 41.0 Å². The lowest BCUT2D eigenvalue weighted by atomic mass is 9.94. The number of furan rings is 1. The molecular weight excluding hydrogens is 382 g/mol. The van der Waals surface area contributed by atoms with Crippen molar-refractivity contribution in [3.63, 3.8) is 0 Å². The number of carbonyl (C=O) groups excluding carboxylic acids is 2. The summed E-state index contributed by atoms with van der Waals surface area (Å²) in [5.74, 6) is -1.65. The Morgan fingerprint density at radius 3 is 2.62 bits per heavy atom. The van der Waals surface area contributed by atoms with Crippen molar-refractivity contribution in [3.05, 3.63) is 59.6 Å². The maximum atomic E-state index is 13.9. The summed E-state index contributed by atoms with van der Waals surface area (Å²) in [7, 11) is 1.58. The first-order chi connectivity index (χ1) is 14.0. The van der Waals surface area contributed by atoms with E-state index in [1.165, 1.54) is 4.90 Å². The van der Waals surface area contributed by atoms with Crippen molar-refractivity contribution in [2.45, 2.75) is 19.4 Å². The summed E-state index contributed by atoms with van der Waals surface area (Å²) in [6.07, 6.45) is 2.52. The highest BCUT2D eigenvalue weighted by Crippen LogP contribution is 2.23. The van der Waals surface area contributed by atoms with Gasteiger partial charge in [-0.25, -0.2) is 8.78 Å². The molecule has 0 radical (unpaired) electrons. The highest BCUT2D eigenvalue weighted by molar-refractivity contribution is 5.94. The van der Waals surface area contributed by atoms with E-state index in [1.807, 2.05) is 6.07 Å². The van der Waals surface area contributed by atoms with E-state index >= 15 is 0 Å². The van der Waals surface area contributed by atoms with Crippen LogP contribution in [0.2, 0.25) is 0 Å². The molecule has 1 aliphatic heterocycles. The van der Waals surface area contributed by atoms with Gasteiger partial charge in [0.15, 0.2) is 0 Å². The van der Waals surface area contributed by atoms with Gasteiger partial charge in [-0.2, -0.15) is 0 Å². The fraction of sp³-hybridized carbons (Fsp3) is 0.429. The number of amides is 2. The van der Waals surface area contributed by atoms with Crippen molar-refractivity contribution >= 4 is 11.8 Å². The molecule has 2 aromatic rings. The molecule has 6 nitrogen and oxygen atoms in total. The third kappa shape index (κ3) is 5.20. The first-order valence-electron chi connectivity index (χ1n) is 9.54. The van der Waals surface area contributed by atoms with Gasteiger partial charge in [-0.15, -0.1) is 0 Å². The summed E-state index contributed by atoms with van der Waals surface area (Å²) in [6, 6.07) is 6.50. The largest absolute Gasteiger partial charge is 0.467 e. The minimum Gasteiger partial charge on any atom is -0.467 e. The number of likely N-dealkylation sites (tertiary alicyclic amines) is 1. The van der Waals surface area contributed by atoms with E-state index in [4.69, 9.17) is 9.15 Å². The molecule has 0 aliphatic carbocycles. The molecule has 0 spiro atoms. The molecule has 1 saturated heterocycles. The van der Waals surface area contributed by atoms with Crippen LogP contribution in [0.4, 0.5) is 8.78 Å². The zero-order valence-corrected chi connectivity index (χ0v) is 16.3. The number of ether oxygens (including phenoxy) is 1. The van der Waals surface area contributed by atoms with E-state index in [-0.39, 0.29) is 17.4 Å². The molecule has 156 valence electrons. The van der Waals surface area contributed by atoms with Gasteiger partial charge >= 0.3 is 0 Å². The third-order valence-corrected chi connectivity index (χ3v) is 5.10. The average Bonchev–Trinajstić information content (AvgIpc) is 3.23. The summed E-state index contributed by atoms with van der Waals surface area (Å²) in [4.78, 5) is 28.7. The van der Waals surface area contributed by atoms with Crippen LogP contribution in [-0.4, -0.2) is 55.0 Å². The van der Waals surface area contributed by atoms with Gasteiger partial charge < -0.3 is 19.0 Å². The highest BCUT2D eigenvalue weighted by Gasteiger charge is 2.31. The predicted molar refractivity (Wildman–Crippen MR) is 101 cm³/mol. The average molecular weight is 406 g/mol. The van der Waals surface area contributed by atoms with Gasteiger partial charge in [0.2, 0.25) is 5.91 Å². The van der Waals surface area contributed by atoms with Crippen molar-refractivity contribution < 1.29 is 27.5 Å². The fourth-order valence-corrected chi connectivity index (χ4v) is 3.48. The van der Waals surface area contributed by atoms with Crippen molar-refractivity contribution in [2.24, 2.45) is 5.92 Å². The number of methoxy groups -OCH3 is 1. The Labute approximate surface area is 168 Å². The summed E-state index contributed by atoms with van der Waals surface area (Å²) in [5.41, 5.74) is -0.157. The smallest absolute Gasteiger partial charge is 0.256 e. The van der Waals surface area contributed by atoms with E-state index in [0.717, 1.165) is 12.1 Å². The molecule has 0 unspecified atom stereocenters. The zero-order valence-electron chi connectivity index (χ0n) is 16.3. The van der Waals surface area contributed by atoms with Crippen molar-refractivity contribution in [1.82, 2.24) is 9.80 Å². The standard InChI is InChI=1S/C21H24F2N2O4/c1-28-12-10-25(14-17-3-2-11-29-17)20(26)15-6-8-24(9-7-15)21(27)18-5-4-16(22)13-19(18)23/h2-5,11,13,15H,6-10,12,14H2,1H3. The van der Waals surface area contributed by atoms with E-state index in [2.05, 4.69) is 0 Å². The van der Waals surface area contributed by atoms with E-state index in [9.17, 15) is 18.4 Å². The maximum Gasteiger partial charge on any atom is 0.256 e. The molecule has 1 aromatic carbocycles. The molecule has 0 saturated carbocycles. The van der Waals surface area contributed by atoms with Crippen LogP contribution in [0, 0.1) is 17.6 Å². The molecule has 3 rings (SSSR count). The van der Waals surface area contributed by atoms with Crippen LogP contribution in [0.25, 0.3) is 0 Å². The van der Waals surface area contributed by atoms with Crippen LogP contribution >= 0.6 is 0 Å². The summed E-state index contributed by atoms with van der Waals surface area (Å²) in [5, 5.41) is 0. The third-order valence-electron chi connectivity index (χ3n) is 5.10. The minimum absolute atomic E-state index is 0.0153. The van der Waals surface area contributed by atoms with E-state index in [1.54, 1.807) is 24.3 Å². The molecule has 2 amide bonds. The molecule has 0 atom stereocenters. The van der Waals surface area contributed by atoms with Gasteiger partial charge in [0.25, 0.3) is 5.91 Å². The zero-order chi connectivity index (χ0) is 20.8. The lowest BCUT2D eigenvalue weighted by Crippen LogP contribution is -2.45. The summed E-state index contributed by atoms with van der Waals surface area (Å²) in [6.45, 7) is 1.88. The molecular formula is C21H24F2N2O4. The number of piperidine rings is 1. The second-order valence-electron chi connectivity index (χ2n) is 7.02. The molecule has 8 heteroatoms. The fourth-order valence-electron chi connectivity index (χ4n) is 3.48. The first-order valence-corrected chi connectivity index (χ1v) is 9.54. The number of halogens is 2. The monoisotopic (exact) mass is 406 g/mol. The van der Waals surface area contributed by atoms with Gasteiger partial charge in [0.1, 0.15) is 17.4 Å². The van der Waals surface area contributed by atoms with E-state index in [0.29, 0.717) is 57.5 Å². The molecule has 1 aromatic heterocycles. The Balaban J connectivity index is 1.60. The second kappa shape index (κ2) is 9.65. The number of benzene rings is 1.